The summed E-state index contributed by atoms with van der Waals surface area (Å²) in [6.45, 7) is 1.97. The molecular weight excluding hydrogens is 456 g/mol. The van der Waals surface area contributed by atoms with E-state index in [0.717, 1.165) is 56.9 Å². The Kier molecular flexibility index (Phi) is 5.16. The molecular formula is C25H25ClN4O2S. The highest BCUT2D eigenvalue weighted by molar-refractivity contribution is 7.19. The highest BCUT2D eigenvalue weighted by Gasteiger charge is 2.34. The average molecular weight is 481 g/mol. The number of fused-ring (bicyclic) bond motifs is 3. The topological polar surface area (TPSA) is 73.1 Å². The number of rotatable bonds is 4. The van der Waals surface area contributed by atoms with Gasteiger partial charge in [0.15, 0.2) is 0 Å². The molecule has 33 heavy (non-hydrogen) atoms. The van der Waals surface area contributed by atoms with Crippen LogP contribution < -0.4 is 4.74 Å². The Balaban J connectivity index is 1.45. The number of thiophene rings is 1. The minimum absolute atomic E-state index is 0.0882. The van der Waals surface area contributed by atoms with Gasteiger partial charge in [-0.05, 0) is 50.3 Å². The largest absolute Gasteiger partial charge is 0.483 e. The maximum absolute atomic E-state index is 10.4. The van der Waals surface area contributed by atoms with Crippen LogP contribution in [0.2, 0.25) is 5.02 Å². The summed E-state index contributed by atoms with van der Waals surface area (Å²) in [5.74, 6) is 0.834. The number of aryl methyl sites for hydroxylation is 2. The van der Waals surface area contributed by atoms with Crippen molar-refractivity contribution in [3.8, 4) is 17.0 Å². The number of hydrogen-bond acceptors (Lipinski definition) is 6. The summed E-state index contributed by atoms with van der Waals surface area (Å²) in [6.07, 6.45) is 6.91. The molecule has 1 aliphatic carbocycles. The van der Waals surface area contributed by atoms with Crippen LogP contribution in [0.4, 0.5) is 0 Å². The Morgan fingerprint density at radius 3 is 2.94 bits per heavy atom. The Bertz CT molecular complexity index is 1380. The van der Waals surface area contributed by atoms with Gasteiger partial charge in [-0.25, -0.2) is 9.97 Å². The molecule has 4 heterocycles. The maximum Gasteiger partial charge on any atom is 0.145 e. The highest BCUT2D eigenvalue weighted by atomic mass is 35.5. The molecule has 1 aliphatic heterocycles. The number of ether oxygens (including phenoxy) is 1. The van der Waals surface area contributed by atoms with Crippen molar-refractivity contribution in [3.63, 3.8) is 0 Å². The van der Waals surface area contributed by atoms with E-state index in [9.17, 15) is 5.11 Å². The molecule has 2 atom stereocenters. The zero-order valence-corrected chi connectivity index (χ0v) is 20.2. The predicted molar refractivity (Wildman–Crippen MR) is 130 cm³/mol. The Morgan fingerprint density at radius 2 is 2.09 bits per heavy atom. The summed E-state index contributed by atoms with van der Waals surface area (Å²) >= 11 is 8.11. The molecule has 8 heteroatoms. The van der Waals surface area contributed by atoms with Gasteiger partial charge in [0.05, 0.1) is 33.4 Å². The van der Waals surface area contributed by atoms with E-state index >= 15 is 0 Å². The minimum atomic E-state index is -0.501. The molecule has 0 saturated heterocycles. The summed E-state index contributed by atoms with van der Waals surface area (Å²) in [6, 6.07) is 5.89. The van der Waals surface area contributed by atoms with Gasteiger partial charge in [0.1, 0.15) is 18.2 Å². The fourth-order valence-electron chi connectivity index (χ4n) is 5.19. The number of aliphatic hydroxyl groups excluding tert-OH is 1. The van der Waals surface area contributed by atoms with Gasteiger partial charge in [0, 0.05) is 40.1 Å². The van der Waals surface area contributed by atoms with E-state index in [-0.39, 0.29) is 6.10 Å². The molecule has 6 nitrogen and oxygen atoms in total. The third-order valence-electron chi connectivity index (χ3n) is 6.77. The average Bonchev–Trinajstić information content (AvgIpc) is 3.51. The second kappa shape index (κ2) is 8.08. The molecule has 1 unspecified atom stereocenters. The van der Waals surface area contributed by atoms with Gasteiger partial charge in [-0.3, -0.25) is 4.68 Å². The fourth-order valence-corrected chi connectivity index (χ4v) is 6.62. The van der Waals surface area contributed by atoms with Crippen LogP contribution in [0.25, 0.3) is 21.5 Å². The molecule has 0 spiro atoms. The molecule has 0 amide bonds. The lowest BCUT2D eigenvalue weighted by Gasteiger charge is -2.17. The highest BCUT2D eigenvalue weighted by Crippen LogP contribution is 2.48. The van der Waals surface area contributed by atoms with Crippen LogP contribution in [0.1, 0.15) is 65.8 Å². The Labute approximate surface area is 201 Å². The normalized spacial score (nSPS) is 18.2. The van der Waals surface area contributed by atoms with Gasteiger partial charge in [-0.15, -0.1) is 11.3 Å². The first-order chi connectivity index (χ1) is 16.0. The van der Waals surface area contributed by atoms with E-state index in [2.05, 4.69) is 9.97 Å². The van der Waals surface area contributed by atoms with Gasteiger partial charge in [0.25, 0.3) is 0 Å². The van der Waals surface area contributed by atoms with E-state index in [1.54, 1.807) is 6.33 Å². The summed E-state index contributed by atoms with van der Waals surface area (Å²) in [5.41, 5.74) is 7.35. The number of nitrogens with zero attached hydrogens (tertiary/aromatic N) is 4. The summed E-state index contributed by atoms with van der Waals surface area (Å²) in [7, 11) is 2.02. The number of benzene rings is 1. The lowest BCUT2D eigenvalue weighted by atomic mass is 9.93. The van der Waals surface area contributed by atoms with Crippen LogP contribution in [0.15, 0.2) is 24.5 Å². The first-order valence-electron chi connectivity index (χ1n) is 11.5. The third kappa shape index (κ3) is 3.45. The summed E-state index contributed by atoms with van der Waals surface area (Å²) < 4.78 is 9.59. The molecule has 170 valence electrons. The second-order valence-electron chi connectivity index (χ2n) is 8.90. The lowest BCUT2D eigenvalue weighted by molar-refractivity contribution is 0.177. The predicted octanol–water partition coefficient (Wildman–Crippen LogP) is 5.74. The van der Waals surface area contributed by atoms with E-state index in [1.165, 1.54) is 41.1 Å². The Hall–Kier alpha value is -2.48. The van der Waals surface area contributed by atoms with Crippen LogP contribution in [0.5, 0.6) is 5.75 Å². The quantitative estimate of drug-likeness (QED) is 0.403. The van der Waals surface area contributed by atoms with Crippen LogP contribution in [0, 0.1) is 0 Å². The zero-order chi connectivity index (χ0) is 22.7. The van der Waals surface area contributed by atoms with E-state index in [4.69, 9.17) is 21.4 Å². The number of aromatic nitrogens is 4. The van der Waals surface area contributed by atoms with Crippen molar-refractivity contribution in [2.24, 2.45) is 7.05 Å². The SMILES string of the molecule is CCC(O)c1cc2ncnc(-c3cc(Cl)cc4c3O[C@@H](c3c5c(nn3C)CCCC5)C4)c2s1. The zero-order valence-electron chi connectivity index (χ0n) is 18.6. The third-order valence-corrected chi connectivity index (χ3v) is 8.22. The van der Waals surface area contributed by atoms with Gasteiger partial charge in [-0.1, -0.05) is 18.5 Å². The lowest BCUT2D eigenvalue weighted by Crippen LogP contribution is -2.12. The molecule has 0 saturated carbocycles. The van der Waals surface area contributed by atoms with Crippen molar-refractivity contribution in [1.82, 2.24) is 19.7 Å². The molecule has 4 aromatic rings. The van der Waals surface area contributed by atoms with E-state index in [0.29, 0.717) is 11.4 Å². The van der Waals surface area contributed by atoms with Crippen LogP contribution in [-0.4, -0.2) is 24.9 Å². The summed E-state index contributed by atoms with van der Waals surface area (Å²) in [5, 5.41) is 15.8. The van der Waals surface area contributed by atoms with Gasteiger partial charge in [0.2, 0.25) is 0 Å². The fraction of sp³-hybridized carbons (Fsp3) is 0.400. The van der Waals surface area contributed by atoms with Crippen molar-refractivity contribution in [2.75, 3.05) is 0 Å². The first-order valence-corrected chi connectivity index (χ1v) is 12.7. The van der Waals surface area contributed by atoms with Crippen molar-refractivity contribution in [1.29, 1.82) is 0 Å². The maximum atomic E-state index is 10.4. The first kappa shape index (κ1) is 21.1. The molecule has 0 radical (unpaired) electrons. The summed E-state index contributed by atoms with van der Waals surface area (Å²) in [4.78, 5) is 9.97. The van der Waals surface area contributed by atoms with Crippen molar-refractivity contribution in [2.45, 2.75) is 57.7 Å². The van der Waals surface area contributed by atoms with Crippen molar-refractivity contribution < 1.29 is 9.84 Å². The molecule has 3 aromatic heterocycles. The van der Waals surface area contributed by atoms with Gasteiger partial charge >= 0.3 is 0 Å². The smallest absolute Gasteiger partial charge is 0.145 e. The van der Waals surface area contributed by atoms with Gasteiger partial charge < -0.3 is 9.84 Å². The molecule has 0 bridgehead atoms. The molecule has 1 aromatic carbocycles. The number of hydrogen-bond donors (Lipinski definition) is 1. The molecule has 2 aliphatic rings. The van der Waals surface area contributed by atoms with Crippen LogP contribution in [-0.2, 0) is 26.3 Å². The number of halogens is 1. The molecule has 6 rings (SSSR count). The van der Waals surface area contributed by atoms with Gasteiger partial charge in [-0.2, -0.15) is 5.10 Å². The second-order valence-corrected chi connectivity index (χ2v) is 10.4. The Morgan fingerprint density at radius 1 is 1.24 bits per heavy atom. The van der Waals surface area contributed by atoms with Crippen LogP contribution in [0.3, 0.4) is 0 Å². The standard InChI is InChI=1S/C25H25ClN4O2S/c1-3-19(31)21-11-18-25(33-21)22(28-12-27-18)16-10-14(26)8-13-9-20(32-24(13)16)23-15-6-4-5-7-17(15)29-30(23)2/h8,10-12,19-20,31H,3-7,9H2,1-2H3/t19?,20-/m1/s1. The van der Waals surface area contributed by atoms with Crippen molar-refractivity contribution >= 4 is 33.2 Å². The molecule has 0 fully saturated rings. The monoisotopic (exact) mass is 480 g/mol. The van der Waals surface area contributed by atoms with E-state index < -0.39 is 6.10 Å². The number of aliphatic hydroxyl groups is 1. The van der Waals surface area contributed by atoms with Crippen molar-refractivity contribution in [3.05, 3.63) is 56.9 Å². The van der Waals surface area contributed by atoms with E-state index in [1.807, 2.05) is 36.9 Å². The van der Waals surface area contributed by atoms with Crippen LogP contribution >= 0.6 is 22.9 Å². The minimum Gasteiger partial charge on any atom is -0.483 e. The molecule has 1 N–H and O–H groups in total.